The first kappa shape index (κ1) is 10.7. The fourth-order valence-electron chi connectivity index (χ4n) is 1.40. The zero-order chi connectivity index (χ0) is 11.2. The number of nitrogens with zero attached hydrogens (tertiary/aromatic N) is 2. The van der Waals surface area contributed by atoms with E-state index in [0.29, 0.717) is 14.6 Å². The molecule has 0 N–H and O–H groups in total. The fourth-order valence-corrected chi connectivity index (χ4v) is 2.15. The number of benzene rings is 1. The van der Waals surface area contributed by atoms with E-state index in [1.807, 2.05) is 22.6 Å². The Bertz CT molecular complexity index is 516. The van der Waals surface area contributed by atoms with E-state index in [0.717, 1.165) is 12.1 Å². The molecule has 1 aromatic carbocycles. The highest BCUT2D eigenvalue weighted by Gasteiger charge is 2.30. The zero-order valence-corrected chi connectivity index (χ0v) is 9.80. The van der Waals surface area contributed by atoms with Gasteiger partial charge in [0.15, 0.2) is 0 Å². The van der Waals surface area contributed by atoms with Gasteiger partial charge in [-0.2, -0.15) is 18.3 Å². The number of halogens is 4. The van der Waals surface area contributed by atoms with Gasteiger partial charge in [-0.3, -0.25) is 4.68 Å². The molecule has 2 rings (SSSR count). The van der Waals surface area contributed by atoms with Gasteiger partial charge in [-0.25, -0.2) is 0 Å². The molecule has 0 atom stereocenters. The third-order valence-corrected chi connectivity index (χ3v) is 2.93. The van der Waals surface area contributed by atoms with Crippen LogP contribution in [0.3, 0.4) is 0 Å². The summed E-state index contributed by atoms with van der Waals surface area (Å²) >= 11 is 1.92. The van der Waals surface area contributed by atoms with Gasteiger partial charge in [0.05, 0.1) is 11.1 Å². The molecule has 0 bridgehead atoms. The summed E-state index contributed by atoms with van der Waals surface area (Å²) < 4.78 is 39.4. The van der Waals surface area contributed by atoms with Crippen molar-refractivity contribution in [3.63, 3.8) is 0 Å². The molecule has 0 radical (unpaired) electrons. The van der Waals surface area contributed by atoms with Gasteiger partial charge in [-0.15, -0.1) is 0 Å². The Kier molecular flexibility index (Phi) is 2.40. The van der Waals surface area contributed by atoms with Crippen LogP contribution in [0.4, 0.5) is 13.2 Å². The molecule has 0 saturated heterocycles. The predicted molar refractivity (Wildman–Crippen MR) is 58.4 cm³/mol. The first-order chi connectivity index (χ1) is 6.89. The van der Waals surface area contributed by atoms with Gasteiger partial charge in [-0.1, -0.05) is 0 Å². The van der Waals surface area contributed by atoms with Crippen LogP contribution in [-0.4, -0.2) is 9.78 Å². The largest absolute Gasteiger partial charge is 0.416 e. The van der Waals surface area contributed by atoms with Gasteiger partial charge in [0, 0.05) is 12.4 Å². The molecule has 0 fully saturated rings. The smallest absolute Gasteiger partial charge is 0.267 e. The van der Waals surface area contributed by atoms with Crippen LogP contribution in [0.1, 0.15) is 5.56 Å². The lowest BCUT2D eigenvalue weighted by molar-refractivity contribution is -0.137. The average molecular weight is 326 g/mol. The van der Waals surface area contributed by atoms with E-state index in [2.05, 4.69) is 5.10 Å². The van der Waals surface area contributed by atoms with Crippen LogP contribution in [0, 0.1) is 3.70 Å². The average Bonchev–Trinajstić information content (AvgIpc) is 2.41. The van der Waals surface area contributed by atoms with Crippen LogP contribution in [0.2, 0.25) is 0 Å². The second kappa shape index (κ2) is 3.36. The van der Waals surface area contributed by atoms with E-state index in [-0.39, 0.29) is 0 Å². The van der Waals surface area contributed by atoms with Crippen LogP contribution >= 0.6 is 22.6 Å². The maximum Gasteiger partial charge on any atom is 0.416 e. The second-order valence-electron chi connectivity index (χ2n) is 3.14. The predicted octanol–water partition coefficient (Wildman–Crippen LogP) is 3.20. The van der Waals surface area contributed by atoms with Crippen LogP contribution in [-0.2, 0) is 13.2 Å². The summed E-state index contributed by atoms with van der Waals surface area (Å²) in [5, 5.41) is 4.58. The van der Waals surface area contributed by atoms with E-state index < -0.39 is 11.7 Å². The summed E-state index contributed by atoms with van der Waals surface area (Å²) in [6.07, 6.45) is -4.30. The van der Waals surface area contributed by atoms with Gasteiger partial charge in [-0.05, 0) is 40.8 Å². The summed E-state index contributed by atoms with van der Waals surface area (Å²) in [6, 6.07) is 3.64. The maximum absolute atomic E-state index is 12.4. The normalized spacial score (nSPS) is 12.3. The van der Waals surface area contributed by atoms with Crippen molar-refractivity contribution in [3.8, 4) is 0 Å². The molecule has 0 saturated carbocycles. The Morgan fingerprint density at radius 2 is 2.00 bits per heavy atom. The zero-order valence-electron chi connectivity index (χ0n) is 7.64. The minimum atomic E-state index is -4.30. The minimum Gasteiger partial charge on any atom is -0.267 e. The molecule has 0 aliphatic heterocycles. The molecule has 2 aromatic rings. The molecule has 0 aliphatic carbocycles. The fraction of sp³-hybridized carbons (Fsp3) is 0.222. The molecule has 15 heavy (non-hydrogen) atoms. The Morgan fingerprint density at radius 1 is 1.33 bits per heavy atom. The lowest BCUT2D eigenvalue weighted by Gasteiger charge is -2.05. The molecule has 1 aromatic heterocycles. The minimum absolute atomic E-state index is 0.535. The van der Waals surface area contributed by atoms with Gasteiger partial charge in [0.2, 0.25) is 0 Å². The summed E-state index contributed by atoms with van der Waals surface area (Å²) in [5.74, 6) is 0. The van der Waals surface area contributed by atoms with Crippen molar-refractivity contribution in [1.29, 1.82) is 0 Å². The van der Waals surface area contributed by atoms with Gasteiger partial charge in [0.1, 0.15) is 3.70 Å². The van der Waals surface area contributed by atoms with E-state index in [9.17, 15) is 13.2 Å². The molecule has 0 amide bonds. The first-order valence-electron chi connectivity index (χ1n) is 4.09. The van der Waals surface area contributed by atoms with Crippen LogP contribution in [0.25, 0.3) is 10.9 Å². The van der Waals surface area contributed by atoms with Crippen LogP contribution in [0.15, 0.2) is 18.2 Å². The number of alkyl halides is 3. The van der Waals surface area contributed by atoms with Gasteiger partial charge >= 0.3 is 6.18 Å². The summed E-state index contributed by atoms with van der Waals surface area (Å²) in [6.45, 7) is 0. The Labute approximate surface area is 97.2 Å². The van der Waals surface area contributed by atoms with Gasteiger partial charge in [0.25, 0.3) is 0 Å². The summed E-state index contributed by atoms with van der Waals surface area (Å²) in [4.78, 5) is 0. The lowest BCUT2D eigenvalue weighted by Crippen LogP contribution is -2.04. The molecule has 6 heteroatoms. The van der Waals surface area contributed by atoms with Gasteiger partial charge < -0.3 is 0 Å². The molecule has 0 spiro atoms. The first-order valence-corrected chi connectivity index (χ1v) is 5.17. The molecule has 0 unspecified atom stereocenters. The SMILES string of the molecule is Cn1nc(I)c2cc(C(F)(F)F)ccc21. The van der Waals surface area contributed by atoms with Crippen molar-refractivity contribution in [2.45, 2.75) is 6.18 Å². The van der Waals surface area contributed by atoms with E-state index in [1.165, 1.54) is 6.07 Å². The molecular formula is C9H6F3IN2. The van der Waals surface area contributed by atoms with Crippen molar-refractivity contribution >= 4 is 33.5 Å². The maximum atomic E-state index is 12.4. The second-order valence-corrected chi connectivity index (χ2v) is 4.17. The quantitative estimate of drug-likeness (QED) is 0.680. The third-order valence-electron chi connectivity index (χ3n) is 2.13. The van der Waals surface area contributed by atoms with Crippen LogP contribution in [0.5, 0.6) is 0 Å². The molecule has 2 nitrogen and oxygen atoms in total. The molecule has 80 valence electrons. The molecular weight excluding hydrogens is 320 g/mol. The number of aryl methyl sites for hydroxylation is 1. The molecule has 0 aliphatic rings. The lowest BCUT2D eigenvalue weighted by atomic mass is 10.1. The number of hydrogen-bond donors (Lipinski definition) is 0. The highest BCUT2D eigenvalue weighted by atomic mass is 127. The topological polar surface area (TPSA) is 17.8 Å². The van der Waals surface area contributed by atoms with Crippen molar-refractivity contribution in [2.24, 2.45) is 7.05 Å². The molecule has 1 heterocycles. The van der Waals surface area contributed by atoms with E-state index in [4.69, 9.17) is 0 Å². The van der Waals surface area contributed by atoms with Crippen molar-refractivity contribution in [3.05, 3.63) is 27.5 Å². The monoisotopic (exact) mass is 326 g/mol. The number of rotatable bonds is 0. The van der Waals surface area contributed by atoms with Crippen molar-refractivity contribution in [2.75, 3.05) is 0 Å². The Balaban J connectivity index is 2.71. The van der Waals surface area contributed by atoms with Crippen LogP contribution < -0.4 is 0 Å². The standard InChI is InChI=1S/C9H6F3IN2/c1-15-7-3-2-5(9(10,11)12)4-6(7)8(13)14-15/h2-4H,1H3. The number of aromatic nitrogens is 2. The third kappa shape index (κ3) is 1.82. The number of fused-ring (bicyclic) bond motifs is 1. The number of hydrogen-bond acceptors (Lipinski definition) is 1. The van der Waals surface area contributed by atoms with E-state index >= 15 is 0 Å². The highest BCUT2D eigenvalue weighted by molar-refractivity contribution is 14.1. The van der Waals surface area contributed by atoms with E-state index in [1.54, 1.807) is 11.7 Å². The highest BCUT2D eigenvalue weighted by Crippen LogP contribution is 2.32. The van der Waals surface area contributed by atoms with Crippen molar-refractivity contribution in [1.82, 2.24) is 9.78 Å². The Morgan fingerprint density at radius 3 is 2.60 bits per heavy atom. The summed E-state index contributed by atoms with van der Waals surface area (Å²) in [7, 11) is 1.71. The van der Waals surface area contributed by atoms with Crippen molar-refractivity contribution < 1.29 is 13.2 Å². The Hall–Kier alpha value is -0.790. The summed E-state index contributed by atoms with van der Waals surface area (Å²) in [5.41, 5.74) is 0.0633.